The average molecular weight is 521 g/mol. The molecule has 0 aliphatic rings. The van der Waals surface area contributed by atoms with Crippen LogP contribution in [0.3, 0.4) is 0 Å². The first-order valence-electron chi connectivity index (χ1n) is 13.9. The zero-order valence-corrected chi connectivity index (χ0v) is 21.8. The predicted molar refractivity (Wildman–Crippen MR) is 170 cm³/mol. The number of furan rings is 1. The van der Waals surface area contributed by atoms with Crippen LogP contribution in [0.4, 0.5) is 0 Å². The highest BCUT2D eigenvalue weighted by Crippen LogP contribution is 2.49. The second-order valence-corrected chi connectivity index (χ2v) is 10.9. The molecule has 0 radical (unpaired) electrons. The molecule has 3 heteroatoms. The van der Waals surface area contributed by atoms with Crippen molar-refractivity contribution in [3.05, 3.63) is 121 Å². The van der Waals surface area contributed by atoms with Crippen molar-refractivity contribution in [1.82, 2.24) is 9.97 Å². The van der Waals surface area contributed by atoms with Crippen LogP contribution in [0.25, 0.3) is 98.6 Å². The molecule has 3 nitrogen and oxygen atoms in total. The summed E-state index contributed by atoms with van der Waals surface area (Å²) in [6, 6.07) is 42.7. The van der Waals surface area contributed by atoms with Gasteiger partial charge >= 0.3 is 0 Å². The normalized spacial score (nSPS) is 12.4. The van der Waals surface area contributed by atoms with Gasteiger partial charge in [-0.2, -0.15) is 0 Å². The van der Waals surface area contributed by atoms with E-state index >= 15 is 0 Å². The topological polar surface area (TPSA) is 38.9 Å². The number of hydrogen-bond acceptors (Lipinski definition) is 3. The van der Waals surface area contributed by atoms with Gasteiger partial charge in [-0.15, -0.1) is 0 Å². The van der Waals surface area contributed by atoms with Gasteiger partial charge in [-0.05, 0) is 50.5 Å². The van der Waals surface area contributed by atoms with Gasteiger partial charge in [-0.1, -0.05) is 103 Å². The number of aromatic nitrogens is 2. The molecule has 2 aromatic heterocycles. The van der Waals surface area contributed by atoms with Crippen LogP contribution in [0, 0.1) is 0 Å². The zero-order valence-electron chi connectivity index (χ0n) is 21.8. The summed E-state index contributed by atoms with van der Waals surface area (Å²) in [5, 5.41) is 12.1. The smallest absolute Gasteiger partial charge is 0.145 e. The van der Waals surface area contributed by atoms with Crippen molar-refractivity contribution in [1.29, 1.82) is 0 Å². The molecule has 0 atom stereocenters. The summed E-state index contributed by atoms with van der Waals surface area (Å²) >= 11 is 0. The van der Waals surface area contributed by atoms with Gasteiger partial charge in [-0.25, -0.2) is 9.97 Å². The minimum Gasteiger partial charge on any atom is -0.455 e. The van der Waals surface area contributed by atoms with Crippen molar-refractivity contribution >= 4 is 76.1 Å². The van der Waals surface area contributed by atoms with Gasteiger partial charge in [0.2, 0.25) is 0 Å². The number of nitrogens with zero attached hydrogens (tertiary/aromatic N) is 2. The third kappa shape index (κ3) is 2.72. The van der Waals surface area contributed by atoms with Gasteiger partial charge in [0.05, 0.1) is 16.7 Å². The first kappa shape index (κ1) is 21.3. The number of benzene rings is 8. The van der Waals surface area contributed by atoms with E-state index in [2.05, 4.69) is 115 Å². The molecule has 2 heterocycles. The quantitative estimate of drug-likeness (QED) is 0.168. The van der Waals surface area contributed by atoms with Crippen molar-refractivity contribution in [3.63, 3.8) is 0 Å². The Hall–Kier alpha value is -5.54. The molecular formula is C38H20N2O. The van der Waals surface area contributed by atoms with Crippen molar-refractivity contribution in [3.8, 4) is 22.5 Å². The van der Waals surface area contributed by atoms with Crippen molar-refractivity contribution in [2.45, 2.75) is 0 Å². The fourth-order valence-corrected chi connectivity index (χ4v) is 6.98. The van der Waals surface area contributed by atoms with Crippen LogP contribution in [-0.4, -0.2) is 9.97 Å². The maximum absolute atomic E-state index is 6.77. The largest absolute Gasteiger partial charge is 0.455 e. The van der Waals surface area contributed by atoms with Gasteiger partial charge in [0.25, 0.3) is 0 Å². The Morgan fingerprint density at radius 3 is 2.12 bits per heavy atom. The lowest BCUT2D eigenvalue weighted by Gasteiger charge is -2.16. The Kier molecular flexibility index (Phi) is 3.93. The van der Waals surface area contributed by atoms with Gasteiger partial charge in [0.1, 0.15) is 16.9 Å². The number of fused-ring (bicyclic) bond motifs is 4. The van der Waals surface area contributed by atoms with Gasteiger partial charge in [0.15, 0.2) is 0 Å². The minimum atomic E-state index is 0.834. The molecule has 0 bridgehead atoms. The minimum absolute atomic E-state index is 0.834. The Labute approximate surface area is 234 Å². The van der Waals surface area contributed by atoms with Gasteiger partial charge in [-0.3, -0.25) is 0 Å². The molecule has 10 aromatic rings. The van der Waals surface area contributed by atoms with Crippen LogP contribution in [0.5, 0.6) is 0 Å². The van der Waals surface area contributed by atoms with E-state index in [0.29, 0.717) is 0 Å². The lowest BCUT2D eigenvalue weighted by atomic mass is 9.87. The molecule has 0 saturated heterocycles. The summed E-state index contributed by atoms with van der Waals surface area (Å²) in [4.78, 5) is 10.7. The fraction of sp³-hybridized carbons (Fsp3) is 0. The Bertz CT molecular complexity index is 2630. The van der Waals surface area contributed by atoms with E-state index in [0.717, 1.165) is 55.5 Å². The number of hydrogen-bond donors (Lipinski definition) is 0. The molecule has 10 rings (SSSR count). The summed E-state index contributed by atoms with van der Waals surface area (Å²) in [6.07, 6.45) is 0. The summed E-state index contributed by atoms with van der Waals surface area (Å²) in [6.45, 7) is 0. The summed E-state index contributed by atoms with van der Waals surface area (Å²) in [5.41, 5.74) is 7.24. The Morgan fingerprint density at radius 1 is 0.463 bits per heavy atom. The zero-order chi connectivity index (χ0) is 26.7. The molecule has 0 aliphatic carbocycles. The van der Waals surface area contributed by atoms with Crippen molar-refractivity contribution in [2.24, 2.45) is 0 Å². The molecule has 188 valence electrons. The summed E-state index contributed by atoms with van der Waals surface area (Å²) in [7, 11) is 0. The molecule has 0 amide bonds. The van der Waals surface area contributed by atoms with Crippen LogP contribution < -0.4 is 0 Å². The molecule has 0 saturated carbocycles. The fourth-order valence-electron chi connectivity index (χ4n) is 6.98. The molecule has 0 aliphatic heterocycles. The molecule has 0 N–H and O–H groups in total. The van der Waals surface area contributed by atoms with Crippen molar-refractivity contribution < 1.29 is 4.42 Å². The number of rotatable bonds is 2. The molecule has 0 spiro atoms. The van der Waals surface area contributed by atoms with E-state index in [-0.39, 0.29) is 0 Å². The second kappa shape index (κ2) is 7.56. The Morgan fingerprint density at radius 2 is 1.20 bits per heavy atom. The highest BCUT2D eigenvalue weighted by Gasteiger charge is 2.25. The highest BCUT2D eigenvalue weighted by atomic mass is 16.3. The SMILES string of the molecule is c1ccc(-c2nc3c(ccc4ccccc43)nc2-c2cc3ccc4cccc5c6cccc7oc2c(c76)c3c45)cc1. The van der Waals surface area contributed by atoms with Crippen LogP contribution >= 0.6 is 0 Å². The second-order valence-electron chi connectivity index (χ2n) is 10.9. The molecule has 0 unspecified atom stereocenters. The molecular weight excluding hydrogens is 500 g/mol. The van der Waals surface area contributed by atoms with Crippen LogP contribution in [0.2, 0.25) is 0 Å². The third-order valence-corrected chi connectivity index (χ3v) is 8.74. The standard InChI is InChI=1S/C38H20N2O/c1-2-9-23(10-3-1)35-37(39-29-19-18-21-8-4-5-12-25(21)36(29)40-35)28-20-24-17-16-22-11-6-13-26-27-14-7-15-30-33(27)34(38(28)41-30)32(24)31(22)26/h1-20H. The first-order valence-corrected chi connectivity index (χ1v) is 13.9. The van der Waals surface area contributed by atoms with Crippen LogP contribution in [0.1, 0.15) is 0 Å². The maximum atomic E-state index is 6.77. The molecule has 8 aromatic carbocycles. The third-order valence-electron chi connectivity index (χ3n) is 8.74. The predicted octanol–water partition coefficient (Wildman–Crippen LogP) is 10.4. The van der Waals surface area contributed by atoms with Crippen molar-refractivity contribution in [2.75, 3.05) is 0 Å². The lowest BCUT2D eigenvalue weighted by molar-refractivity contribution is 0.670. The highest BCUT2D eigenvalue weighted by molar-refractivity contribution is 6.40. The van der Waals surface area contributed by atoms with Gasteiger partial charge in [0, 0.05) is 32.7 Å². The van der Waals surface area contributed by atoms with E-state index in [1.54, 1.807) is 0 Å². The Balaban J connectivity index is 1.42. The summed E-state index contributed by atoms with van der Waals surface area (Å²) in [5.74, 6) is 0. The first-order chi connectivity index (χ1) is 20.3. The van der Waals surface area contributed by atoms with E-state index < -0.39 is 0 Å². The van der Waals surface area contributed by atoms with E-state index in [4.69, 9.17) is 14.4 Å². The average Bonchev–Trinajstić information content (AvgIpc) is 3.44. The maximum Gasteiger partial charge on any atom is 0.145 e. The van der Waals surface area contributed by atoms with Crippen LogP contribution in [-0.2, 0) is 0 Å². The van der Waals surface area contributed by atoms with E-state index in [1.807, 2.05) is 6.07 Å². The molecule has 41 heavy (non-hydrogen) atoms. The lowest BCUT2D eigenvalue weighted by Crippen LogP contribution is -1.97. The van der Waals surface area contributed by atoms with Gasteiger partial charge < -0.3 is 4.42 Å². The monoisotopic (exact) mass is 520 g/mol. The van der Waals surface area contributed by atoms with E-state index in [9.17, 15) is 0 Å². The van der Waals surface area contributed by atoms with E-state index in [1.165, 1.54) is 43.1 Å². The summed E-state index contributed by atoms with van der Waals surface area (Å²) < 4.78 is 6.77. The van der Waals surface area contributed by atoms with Crippen LogP contribution in [0.15, 0.2) is 126 Å². The molecule has 0 fully saturated rings.